The van der Waals surface area contributed by atoms with Gasteiger partial charge in [-0.3, -0.25) is 4.68 Å². The van der Waals surface area contributed by atoms with Crippen LogP contribution in [-0.4, -0.2) is 26.9 Å². The molecule has 0 bridgehead atoms. The lowest BCUT2D eigenvalue weighted by molar-refractivity contribution is 0.181. The largest absolute Gasteiger partial charge is 0.383 e. The molecular weight excluding hydrogens is 242 g/mol. The average Bonchev–Trinajstić information content (AvgIpc) is 2.92. The molecular formula is C13H15N5O. The van der Waals surface area contributed by atoms with E-state index in [0.717, 1.165) is 28.1 Å². The highest BCUT2D eigenvalue weighted by Crippen LogP contribution is 2.29. The summed E-state index contributed by atoms with van der Waals surface area (Å²) in [5, 5.41) is 4.35. The second-order valence-corrected chi connectivity index (χ2v) is 4.37. The van der Waals surface area contributed by atoms with Crippen LogP contribution in [-0.2, 0) is 18.4 Å². The van der Waals surface area contributed by atoms with E-state index in [2.05, 4.69) is 15.1 Å². The van der Waals surface area contributed by atoms with Crippen molar-refractivity contribution in [2.45, 2.75) is 6.61 Å². The first-order valence-corrected chi connectivity index (χ1v) is 5.96. The lowest BCUT2D eigenvalue weighted by atomic mass is 10.2. The number of nitrogens with two attached hydrogens (primary N) is 1. The Morgan fingerprint density at radius 2 is 2.16 bits per heavy atom. The summed E-state index contributed by atoms with van der Waals surface area (Å²) in [6.45, 7) is 0.400. The second-order valence-electron chi connectivity index (χ2n) is 4.37. The Labute approximate surface area is 110 Å². The molecule has 3 aromatic rings. The van der Waals surface area contributed by atoms with E-state index in [9.17, 15) is 0 Å². The number of hydrogen-bond donors (Lipinski definition) is 2. The van der Waals surface area contributed by atoms with Crippen LogP contribution in [0.2, 0.25) is 0 Å². The van der Waals surface area contributed by atoms with Crippen molar-refractivity contribution in [2.75, 3.05) is 12.8 Å². The number of benzene rings is 1. The van der Waals surface area contributed by atoms with Crippen molar-refractivity contribution < 1.29 is 4.74 Å². The number of ether oxygens (including phenoxy) is 1. The third kappa shape index (κ3) is 1.86. The number of aromatic nitrogens is 4. The number of methoxy groups -OCH3 is 1. The molecule has 19 heavy (non-hydrogen) atoms. The molecule has 0 aliphatic rings. The van der Waals surface area contributed by atoms with Crippen LogP contribution in [0, 0.1) is 0 Å². The monoisotopic (exact) mass is 257 g/mol. The fourth-order valence-corrected chi connectivity index (χ4v) is 2.16. The number of aromatic amines is 1. The molecule has 0 spiro atoms. The van der Waals surface area contributed by atoms with Crippen molar-refractivity contribution in [3.63, 3.8) is 0 Å². The van der Waals surface area contributed by atoms with Crippen LogP contribution in [0.15, 0.2) is 24.3 Å². The van der Waals surface area contributed by atoms with Gasteiger partial charge in [0.15, 0.2) is 0 Å². The standard InChI is InChI=1S/C13H15N5O/c1-18-12(14)11(10(17-18)7-19-2)13-15-8-5-3-4-6-9(8)16-13/h3-6H,7,14H2,1-2H3,(H,15,16). The number of H-pyrrole nitrogens is 1. The van der Waals surface area contributed by atoms with Crippen LogP contribution in [0.5, 0.6) is 0 Å². The summed E-state index contributed by atoms with van der Waals surface area (Å²) in [5.41, 5.74) is 9.54. The molecule has 0 unspecified atom stereocenters. The molecule has 0 saturated heterocycles. The number of hydrogen-bond acceptors (Lipinski definition) is 4. The summed E-state index contributed by atoms with van der Waals surface area (Å²) in [5.74, 6) is 1.30. The topological polar surface area (TPSA) is 81.8 Å². The Morgan fingerprint density at radius 3 is 2.89 bits per heavy atom. The van der Waals surface area contributed by atoms with Gasteiger partial charge in [0.25, 0.3) is 0 Å². The highest BCUT2D eigenvalue weighted by atomic mass is 16.5. The quantitative estimate of drug-likeness (QED) is 0.748. The molecule has 2 heterocycles. The van der Waals surface area contributed by atoms with Crippen molar-refractivity contribution >= 4 is 16.9 Å². The Bertz CT molecular complexity index is 695. The number of aryl methyl sites for hydroxylation is 1. The average molecular weight is 257 g/mol. The highest BCUT2D eigenvalue weighted by molar-refractivity contribution is 5.82. The van der Waals surface area contributed by atoms with Crippen LogP contribution in [0.25, 0.3) is 22.4 Å². The molecule has 1 aromatic carbocycles. The van der Waals surface area contributed by atoms with Gasteiger partial charge < -0.3 is 15.5 Å². The van der Waals surface area contributed by atoms with Crippen molar-refractivity contribution in [3.05, 3.63) is 30.0 Å². The summed E-state index contributed by atoms with van der Waals surface area (Å²) < 4.78 is 6.80. The fourth-order valence-electron chi connectivity index (χ4n) is 2.16. The molecule has 0 aliphatic heterocycles. The van der Waals surface area contributed by atoms with Gasteiger partial charge in [-0.2, -0.15) is 5.10 Å². The molecule has 6 nitrogen and oxygen atoms in total. The van der Waals surface area contributed by atoms with Crippen molar-refractivity contribution in [3.8, 4) is 11.4 Å². The van der Waals surface area contributed by atoms with Gasteiger partial charge in [0, 0.05) is 14.2 Å². The van der Waals surface area contributed by atoms with Crippen LogP contribution >= 0.6 is 0 Å². The fraction of sp³-hybridized carbons (Fsp3) is 0.231. The molecule has 0 atom stereocenters. The van der Waals surface area contributed by atoms with E-state index in [-0.39, 0.29) is 0 Å². The predicted octanol–water partition coefficient (Wildman–Crippen LogP) is 1.69. The minimum Gasteiger partial charge on any atom is -0.383 e. The molecule has 0 amide bonds. The van der Waals surface area contributed by atoms with Gasteiger partial charge in [-0.05, 0) is 12.1 Å². The van der Waals surface area contributed by atoms with E-state index < -0.39 is 0 Å². The van der Waals surface area contributed by atoms with Gasteiger partial charge in [0.1, 0.15) is 17.3 Å². The van der Waals surface area contributed by atoms with Crippen molar-refractivity contribution in [1.82, 2.24) is 19.7 Å². The molecule has 0 saturated carbocycles. The lowest BCUT2D eigenvalue weighted by Crippen LogP contribution is -1.98. The summed E-state index contributed by atoms with van der Waals surface area (Å²) in [6.07, 6.45) is 0. The van der Waals surface area contributed by atoms with E-state index in [4.69, 9.17) is 10.5 Å². The minimum absolute atomic E-state index is 0.400. The maximum atomic E-state index is 6.07. The Hall–Kier alpha value is -2.34. The zero-order chi connectivity index (χ0) is 13.4. The van der Waals surface area contributed by atoms with Gasteiger partial charge >= 0.3 is 0 Å². The maximum absolute atomic E-state index is 6.07. The van der Waals surface area contributed by atoms with Crippen LogP contribution < -0.4 is 5.73 Å². The van der Waals surface area contributed by atoms with E-state index in [0.29, 0.717) is 12.4 Å². The van der Waals surface area contributed by atoms with Crippen LogP contribution in [0.1, 0.15) is 5.69 Å². The number of rotatable bonds is 3. The summed E-state index contributed by atoms with van der Waals surface area (Å²) >= 11 is 0. The molecule has 2 aromatic heterocycles. The van der Waals surface area contributed by atoms with Crippen LogP contribution in [0.3, 0.4) is 0 Å². The SMILES string of the molecule is COCc1nn(C)c(N)c1-c1nc2ccccc2[nH]1. The van der Waals surface area contributed by atoms with E-state index in [1.165, 1.54) is 0 Å². The van der Waals surface area contributed by atoms with Crippen LogP contribution in [0.4, 0.5) is 5.82 Å². The smallest absolute Gasteiger partial charge is 0.144 e. The summed E-state index contributed by atoms with van der Waals surface area (Å²) in [4.78, 5) is 7.82. The molecule has 3 N–H and O–H groups in total. The lowest BCUT2D eigenvalue weighted by Gasteiger charge is -1.99. The van der Waals surface area contributed by atoms with Crippen molar-refractivity contribution in [2.24, 2.45) is 7.05 Å². The minimum atomic E-state index is 0.400. The Morgan fingerprint density at radius 1 is 1.37 bits per heavy atom. The highest BCUT2D eigenvalue weighted by Gasteiger charge is 2.18. The zero-order valence-electron chi connectivity index (χ0n) is 10.8. The zero-order valence-corrected chi connectivity index (χ0v) is 10.8. The number of nitrogens with one attached hydrogen (secondary N) is 1. The number of para-hydroxylation sites is 2. The second kappa shape index (κ2) is 4.40. The molecule has 0 aliphatic carbocycles. The predicted molar refractivity (Wildman–Crippen MR) is 73.4 cm³/mol. The van der Waals surface area contributed by atoms with Gasteiger partial charge in [-0.15, -0.1) is 0 Å². The molecule has 0 fully saturated rings. The first-order chi connectivity index (χ1) is 9.20. The maximum Gasteiger partial charge on any atom is 0.144 e. The number of anilines is 1. The van der Waals surface area contributed by atoms with Gasteiger partial charge in [0.05, 0.1) is 23.2 Å². The Balaban J connectivity index is 2.19. The first-order valence-electron chi connectivity index (χ1n) is 5.96. The molecule has 6 heteroatoms. The molecule has 0 radical (unpaired) electrons. The number of fused-ring (bicyclic) bond motifs is 1. The number of nitrogens with zero attached hydrogens (tertiary/aromatic N) is 3. The van der Waals surface area contributed by atoms with Gasteiger partial charge in [-0.25, -0.2) is 4.98 Å². The molecule has 3 rings (SSSR count). The van der Waals surface area contributed by atoms with Crippen molar-refractivity contribution in [1.29, 1.82) is 0 Å². The van der Waals surface area contributed by atoms with E-state index >= 15 is 0 Å². The third-order valence-corrected chi connectivity index (χ3v) is 3.07. The van der Waals surface area contributed by atoms with E-state index in [1.807, 2.05) is 24.3 Å². The third-order valence-electron chi connectivity index (χ3n) is 3.07. The molecule has 98 valence electrons. The first kappa shape index (κ1) is 11.7. The summed E-state index contributed by atoms with van der Waals surface area (Å²) in [7, 11) is 3.44. The normalized spacial score (nSPS) is 11.3. The van der Waals surface area contributed by atoms with Gasteiger partial charge in [0.2, 0.25) is 0 Å². The number of nitrogen functional groups attached to an aromatic ring is 1. The van der Waals surface area contributed by atoms with E-state index in [1.54, 1.807) is 18.8 Å². The number of imidazole rings is 1. The van der Waals surface area contributed by atoms with Gasteiger partial charge in [-0.1, -0.05) is 12.1 Å². The Kier molecular flexibility index (Phi) is 2.72. The summed E-state index contributed by atoms with van der Waals surface area (Å²) in [6, 6.07) is 7.86.